The molecule has 5 rings (SSSR count). The van der Waals surface area contributed by atoms with Crippen LogP contribution in [-0.4, -0.2) is 50.5 Å². The first-order valence-corrected chi connectivity index (χ1v) is 10.9. The summed E-state index contributed by atoms with van der Waals surface area (Å²) >= 11 is 0. The lowest BCUT2D eigenvalue weighted by molar-refractivity contribution is 0.195. The molecule has 3 aromatic heterocycles. The van der Waals surface area contributed by atoms with Gasteiger partial charge < -0.3 is 15.0 Å². The van der Waals surface area contributed by atoms with Crippen molar-refractivity contribution in [3.05, 3.63) is 46.7 Å². The summed E-state index contributed by atoms with van der Waals surface area (Å²) in [6.45, 7) is 9.40. The molecule has 2 aliphatic rings. The number of ether oxygens (including phenoxy) is 1. The van der Waals surface area contributed by atoms with Gasteiger partial charge in [-0.25, -0.2) is 4.98 Å². The Labute approximate surface area is 182 Å². The fraction of sp³-hybridized carbons (Fsp3) is 0.478. The van der Waals surface area contributed by atoms with Crippen molar-refractivity contribution in [1.82, 2.24) is 24.7 Å². The van der Waals surface area contributed by atoms with Gasteiger partial charge in [-0.1, -0.05) is 0 Å². The van der Waals surface area contributed by atoms with Gasteiger partial charge in [-0.15, -0.1) is 0 Å². The number of pyridine rings is 1. The first kappa shape index (κ1) is 19.9. The van der Waals surface area contributed by atoms with Gasteiger partial charge in [0.2, 0.25) is 5.95 Å². The third-order valence-corrected chi connectivity index (χ3v) is 6.29. The van der Waals surface area contributed by atoms with Crippen LogP contribution in [0.2, 0.25) is 0 Å². The van der Waals surface area contributed by atoms with Gasteiger partial charge in [0.05, 0.1) is 18.3 Å². The van der Waals surface area contributed by atoms with E-state index in [0.717, 1.165) is 66.4 Å². The summed E-state index contributed by atoms with van der Waals surface area (Å²) < 4.78 is 7.34. The predicted octanol–water partition coefficient (Wildman–Crippen LogP) is 2.96. The molecule has 0 radical (unpaired) electrons. The number of rotatable bonds is 4. The zero-order chi connectivity index (χ0) is 21.5. The maximum Gasteiger partial charge on any atom is 0.225 e. The summed E-state index contributed by atoms with van der Waals surface area (Å²) in [5.41, 5.74) is 7.83. The molecular weight excluding hydrogens is 390 g/mol. The van der Waals surface area contributed by atoms with Crippen LogP contribution in [0.5, 0.6) is 0 Å². The molecule has 8 nitrogen and oxygen atoms in total. The number of hydrogen-bond donors (Lipinski definition) is 1. The topological polar surface area (TPSA) is 81.0 Å². The number of hydrogen-bond acceptors (Lipinski definition) is 7. The molecule has 1 saturated heterocycles. The molecule has 162 valence electrons. The Hall–Kier alpha value is -3.00. The lowest BCUT2D eigenvalue weighted by Gasteiger charge is -2.31. The number of anilines is 2. The molecule has 1 unspecified atom stereocenters. The maximum absolute atomic E-state index is 5.49. The summed E-state index contributed by atoms with van der Waals surface area (Å²) in [5, 5.41) is 7.93. The minimum atomic E-state index is 0.284. The maximum atomic E-state index is 5.49. The average Bonchev–Trinajstić information content (AvgIpc) is 3.38. The van der Waals surface area contributed by atoms with Crippen molar-refractivity contribution < 1.29 is 4.74 Å². The lowest BCUT2D eigenvalue weighted by Crippen LogP contribution is -2.33. The third-order valence-electron chi connectivity index (χ3n) is 6.29. The van der Waals surface area contributed by atoms with Crippen LogP contribution in [0.1, 0.15) is 34.6 Å². The Morgan fingerprint density at radius 1 is 1.16 bits per heavy atom. The molecular formula is C23H29N7O. The van der Waals surface area contributed by atoms with Crippen LogP contribution in [0.3, 0.4) is 0 Å². The van der Waals surface area contributed by atoms with Gasteiger partial charge in [-0.3, -0.25) is 9.67 Å². The van der Waals surface area contributed by atoms with Crippen LogP contribution in [0.4, 0.5) is 11.8 Å². The van der Waals surface area contributed by atoms with Crippen molar-refractivity contribution in [1.29, 1.82) is 0 Å². The number of nitrogens with one attached hydrogen (secondary N) is 1. The molecule has 0 bridgehead atoms. The number of aromatic nitrogens is 5. The minimum Gasteiger partial charge on any atom is -0.379 e. The third kappa shape index (κ3) is 3.87. The molecule has 3 aromatic rings. The molecule has 8 heteroatoms. The van der Waals surface area contributed by atoms with Crippen LogP contribution in [0.15, 0.2) is 18.5 Å². The summed E-state index contributed by atoms with van der Waals surface area (Å²) in [5.74, 6) is 1.69. The number of fused-ring (bicyclic) bond motifs is 1. The van der Waals surface area contributed by atoms with Crippen molar-refractivity contribution in [3.63, 3.8) is 0 Å². The molecule has 0 aromatic carbocycles. The highest BCUT2D eigenvalue weighted by molar-refractivity contribution is 5.66. The van der Waals surface area contributed by atoms with E-state index in [1.165, 1.54) is 11.3 Å². The smallest absolute Gasteiger partial charge is 0.225 e. The molecule has 2 aliphatic heterocycles. The predicted molar refractivity (Wildman–Crippen MR) is 120 cm³/mol. The molecule has 1 fully saturated rings. The van der Waals surface area contributed by atoms with Crippen molar-refractivity contribution in [2.75, 3.05) is 30.0 Å². The van der Waals surface area contributed by atoms with E-state index in [1.54, 1.807) is 0 Å². The molecule has 5 heterocycles. The van der Waals surface area contributed by atoms with E-state index in [1.807, 2.05) is 24.9 Å². The van der Waals surface area contributed by atoms with Crippen LogP contribution in [0, 0.1) is 20.8 Å². The van der Waals surface area contributed by atoms with Gasteiger partial charge in [0, 0.05) is 73.6 Å². The Morgan fingerprint density at radius 3 is 2.77 bits per heavy atom. The van der Waals surface area contributed by atoms with E-state index >= 15 is 0 Å². The van der Waals surface area contributed by atoms with Crippen LogP contribution < -0.4 is 10.2 Å². The minimum absolute atomic E-state index is 0.284. The first-order valence-electron chi connectivity index (χ1n) is 10.9. The van der Waals surface area contributed by atoms with Gasteiger partial charge in [-0.05, 0) is 38.8 Å². The Kier molecular flexibility index (Phi) is 5.09. The second kappa shape index (κ2) is 7.92. The monoisotopic (exact) mass is 419 g/mol. The van der Waals surface area contributed by atoms with E-state index in [2.05, 4.69) is 46.4 Å². The summed E-state index contributed by atoms with van der Waals surface area (Å²) in [6.07, 6.45) is 5.93. The van der Waals surface area contributed by atoms with E-state index in [-0.39, 0.29) is 6.04 Å². The molecule has 0 amide bonds. The van der Waals surface area contributed by atoms with Gasteiger partial charge in [0.15, 0.2) is 0 Å². The van der Waals surface area contributed by atoms with E-state index in [4.69, 9.17) is 14.7 Å². The largest absolute Gasteiger partial charge is 0.379 e. The second-order valence-electron chi connectivity index (χ2n) is 8.59. The SMILES string of the molecule is Cc1nn(C)cc1-c1cnc2c(c1)CN(c1nc(NC3CCOC3)nc(C)c1C)CC2. The molecule has 31 heavy (non-hydrogen) atoms. The fourth-order valence-corrected chi connectivity index (χ4v) is 4.45. The number of aryl methyl sites for hydroxylation is 3. The zero-order valence-corrected chi connectivity index (χ0v) is 18.6. The van der Waals surface area contributed by atoms with Crippen LogP contribution in [-0.2, 0) is 24.8 Å². The second-order valence-corrected chi connectivity index (χ2v) is 8.59. The quantitative estimate of drug-likeness (QED) is 0.696. The van der Waals surface area contributed by atoms with Gasteiger partial charge >= 0.3 is 0 Å². The Bertz CT molecular complexity index is 1120. The normalized spacial score (nSPS) is 18.3. The fourth-order valence-electron chi connectivity index (χ4n) is 4.45. The van der Waals surface area contributed by atoms with Crippen molar-refractivity contribution >= 4 is 11.8 Å². The first-order chi connectivity index (χ1) is 15.0. The Morgan fingerprint density at radius 2 is 2.03 bits per heavy atom. The van der Waals surface area contributed by atoms with Crippen molar-refractivity contribution in [2.24, 2.45) is 7.05 Å². The highest BCUT2D eigenvalue weighted by Crippen LogP contribution is 2.30. The van der Waals surface area contributed by atoms with E-state index < -0.39 is 0 Å². The van der Waals surface area contributed by atoms with Crippen LogP contribution >= 0.6 is 0 Å². The standard InChI is InChI=1S/C23H29N7O/c1-14-15(2)25-23(26-19-6-8-31-13-19)27-22(14)30-7-5-21-18(11-30)9-17(10-24-21)20-12-29(4)28-16(20)3/h9-10,12,19H,5-8,11,13H2,1-4H3,(H,25,26,27). The summed E-state index contributed by atoms with van der Waals surface area (Å²) in [6, 6.07) is 2.54. The Balaban J connectivity index is 1.44. The van der Waals surface area contributed by atoms with Crippen LogP contribution in [0.25, 0.3) is 11.1 Å². The summed E-state index contributed by atoms with van der Waals surface area (Å²) in [4.78, 5) is 16.7. The molecule has 1 N–H and O–H groups in total. The van der Waals surface area contributed by atoms with Crippen molar-refractivity contribution in [3.8, 4) is 11.1 Å². The highest BCUT2D eigenvalue weighted by atomic mass is 16.5. The van der Waals surface area contributed by atoms with Gasteiger partial charge in [0.25, 0.3) is 0 Å². The molecule has 0 aliphatic carbocycles. The molecule has 0 spiro atoms. The average molecular weight is 420 g/mol. The number of nitrogens with zero attached hydrogens (tertiary/aromatic N) is 6. The van der Waals surface area contributed by atoms with E-state index in [9.17, 15) is 0 Å². The van der Waals surface area contributed by atoms with E-state index in [0.29, 0.717) is 12.6 Å². The summed E-state index contributed by atoms with van der Waals surface area (Å²) in [7, 11) is 1.95. The molecule has 1 atom stereocenters. The highest BCUT2D eigenvalue weighted by Gasteiger charge is 2.24. The van der Waals surface area contributed by atoms with Gasteiger partial charge in [0.1, 0.15) is 5.82 Å². The lowest BCUT2D eigenvalue weighted by atomic mass is 10.0. The van der Waals surface area contributed by atoms with Crippen molar-refractivity contribution in [2.45, 2.75) is 46.2 Å². The van der Waals surface area contributed by atoms with Gasteiger partial charge in [-0.2, -0.15) is 10.1 Å². The molecule has 0 saturated carbocycles. The zero-order valence-electron chi connectivity index (χ0n) is 18.6.